The van der Waals surface area contributed by atoms with Crippen molar-refractivity contribution in [1.29, 1.82) is 0 Å². The Morgan fingerprint density at radius 2 is 0.982 bits per heavy atom. The van der Waals surface area contributed by atoms with Gasteiger partial charge in [0.25, 0.3) is 0 Å². The van der Waals surface area contributed by atoms with Gasteiger partial charge in [-0.1, -0.05) is 164 Å². The van der Waals surface area contributed by atoms with Gasteiger partial charge in [0.2, 0.25) is 0 Å². The van der Waals surface area contributed by atoms with E-state index in [2.05, 4.69) is 50.3 Å². The third-order valence-corrected chi connectivity index (χ3v) is 9.46. The lowest BCUT2D eigenvalue weighted by atomic mass is 10.1. The first-order valence-corrected chi connectivity index (χ1v) is 22.0. The standard InChI is InChI=1S/C48H77NO6/c1-3-5-7-9-11-13-15-17-19-21-23-25-27-29-34-38-46(50)53-41-44(42-54-48(52)45(49)40-43-36-32-31-33-37-43)55-47(51)39-35-30-28-26-24-22-20-18-16-14-12-10-8-6-4-2/h12,14,17-20,31-33,36-37,40,44H,3-11,13,15-16,21-30,34-35,38-39,41-42,49H2,1-2H3/b14-12-,19-17-,20-18-,45-40-/t44-/m1/s1. The molecule has 0 unspecified atom stereocenters. The maximum Gasteiger partial charge on any atom is 0.354 e. The highest BCUT2D eigenvalue weighted by molar-refractivity contribution is 5.92. The molecule has 1 aromatic carbocycles. The Kier molecular flexibility index (Phi) is 33.5. The lowest BCUT2D eigenvalue weighted by Crippen LogP contribution is -2.31. The maximum atomic E-state index is 12.7. The van der Waals surface area contributed by atoms with E-state index in [-0.39, 0.29) is 31.3 Å². The van der Waals surface area contributed by atoms with Crippen LogP contribution in [0.15, 0.2) is 72.5 Å². The number of unbranched alkanes of at least 4 members (excludes halogenated alkanes) is 19. The molecule has 0 radical (unpaired) electrons. The quantitative estimate of drug-likeness (QED) is 0.0238. The number of benzene rings is 1. The van der Waals surface area contributed by atoms with Crippen LogP contribution in [0.1, 0.15) is 186 Å². The molecule has 0 aromatic heterocycles. The van der Waals surface area contributed by atoms with Crippen LogP contribution in [0.25, 0.3) is 6.08 Å². The van der Waals surface area contributed by atoms with Gasteiger partial charge in [0, 0.05) is 12.8 Å². The van der Waals surface area contributed by atoms with Crippen molar-refractivity contribution in [3.63, 3.8) is 0 Å². The molecular weight excluding hydrogens is 687 g/mol. The fourth-order valence-electron chi connectivity index (χ4n) is 6.08. The number of rotatable bonds is 36. The van der Waals surface area contributed by atoms with Crippen molar-refractivity contribution >= 4 is 24.0 Å². The lowest BCUT2D eigenvalue weighted by Gasteiger charge is -2.18. The van der Waals surface area contributed by atoms with Gasteiger partial charge in [-0.3, -0.25) is 9.59 Å². The number of esters is 3. The third kappa shape index (κ3) is 32.4. The molecule has 1 aromatic rings. The van der Waals surface area contributed by atoms with Crippen LogP contribution in [0.4, 0.5) is 0 Å². The zero-order valence-corrected chi connectivity index (χ0v) is 34.8. The third-order valence-electron chi connectivity index (χ3n) is 9.46. The molecule has 0 amide bonds. The number of nitrogens with two attached hydrogens (primary N) is 1. The first-order chi connectivity index (χ1) is 27.0. The van der Waals surface area contributed by atoms with Gasteiger partial charge in [-0.05, 0) is 82.3 Å². The van der Waals surface area contributed by atoms with Crippen LogP contribution in [0.3, 0.4) is 0 Å². The van der Waals surface area contributed by atoms with Crippen LogP contribution in [-0.4, -0.2) is 37.2 Å². The van der Waals surface area contributed by atoms with Crippen molar-refractivity contribution in [1.82, 2.24) is 0 Å². The molecule has 0 fully saturated rings. The van der Waals surface area contributed by atoms with Crippen LogP contribution in [0.2, 0.25) is 0 Å². The normalized spacial score (nSPS) is 12.5. The number of carbonyl (C=O) groups excluding carboxylic acids is 3. The van der Waals surface area contributed by atoms with Gasteiger partial charge in [-0.15, -0.1) is 0 Å². The average molecular weight is 764 g/mol. The van der Waals surface area contributed by atoms with Crippen LogP contribution >= 0.6 is 0 Å². The van der Waals surface area contributed by atoms with E-state index in [1.54, 1.807) is 0 Å². The van der Waals surface area contributed by atoms with E-state index in [1.165, 1.54) is 83.1 Å². The highest BCUT2D eigenvalue weighted by Crippen LogP contribution is 2.13. The highest BCUT2D eigenvalue weighted by Gasteiger charge is 2.20. The van der Waals surface area contributed by atoms with Gasteiger partial charge in [0.15, 0.2) is 6.10 Å². The molecule has 310 valence electrons. The van der Waals surface area contributed by atoms with Crippen LogP contribution < -0.4 is 5.73 Å². The predicted octanol–water partition coefficient (Wildman–Crippen LogP) is 12.8. The Bertz CT molecular complexity index is 1200. The average Bonchev–Trinajstić information content (AvgIpc) is 3.19. The second-order valence-corrected chi connectivity index (χ2v) is 14.7. The fraction of sp³-hybridized carbons (Fsp3) is 0.646. The summed E-state index contributed by atoms with van der Waals surface area (Å²) in [6.45, 7) is 4.06. The Morgan fingerprint density at radius 1 is 0.545 bits per heavy atom. The summed E-state index contributed by atoms with van der Waals surface area (Å²) in [4.78, 5) is 37.9. The summed E-state index contributed by atoms with van der Waals surface area (Å²) in [5.74, 6) is -1.46. The Labute approximate surface area is 335 Å². The molecule has 2 N–H and O–H groups in total. The molecule has 0 aliphatic rings. The molecule has 7 nitrogen and oxygen atoms in total. The minimum absolute atomic E-state index is 0.0670. The molecule has 0 spiro atoms. The smallest absolute Gasteiger partial charge is 0.354 e. The van der Waals surface area contributed by atoms with Crippen LogP contribution in [0.5, 0.6) is 0 Å². The van der Waals surface area contributed by atoms with Crippen molar-refractivity contribution in [2.45, 2.75) is 187 Å². The molecule has 0 heterocycles. The van der Waals surface area contributed by atoms with Gasteiger partial charge in [-0.25, -0.2) is 4.79 Å². The maximum absolute atomic E-state index is 12.7. The van der Waals surface area contributed by atoms with E-state index in [9.17, 15) is 14.4 Å². The van der Waals surface area contributed by atoms with E-state index in [1.807, 2.05) is 30.3 Å². The van der Waals surface area contributed by atoms with Crippen molar-refractivity contribution in [2.24, 2.45) is 5.73 Å². The molecule has 0 saturated carbocycles. The summed E-state index contributed by atoms with van der Waals surface area (Å²) in [6, 6.07) is 9.22. The lowest BCUT2D eigenvalue weighted by molar-refractivity contribution is -0.165. The SMILES string of the molecule is CCCCC/C=C\C/C=C\CCCCCCCC(=O)O[C@H](COC(=O)CCCCCCC/C=C\CCCCCCCC)COC(=O)/C(N)=C/c1ccccc1. The number of hydrogen-bond donors (Lipinski definition) is 1. The van der Waals surface area contributed by atoms with E-state index in [0.717, 1.165) is 76.2 Å². The molecule has 0 aliphatic carbocycles. The highest BCUT2D eigenvalue weighted by atomic mass is 16.6. The summed E-state index contributed by atoms with van der Waals surface area (Å²) in [5, 5.41) is 0. The van der Waals surface area contributed by atoms with Gasteiger partial charge in [0.05, 0.1) is 0 Å². The Morgan fingerprint density at radius 3 is 1.55 bits per heavy atom. The van der Waals surface area contributed by atoms with Crippen LogP contribution in [-0.2, 0) is 28.6 Å². The molecule has 7 heteroatoms. The second kappa shape index (κ2) is 37.3. The summed E-state index contributed by atoms with van der Waals surface area (Å²) in [6.07, 6.45) is 42.4. The molecule has 0 aliphatic heterocycles. The van der Waals surface area contributed by atoms with Crippen molar-refractivity contribution in [3.8, 4) is 0 Å². The minimum Gasteiger partial charge on any atom is -0.462 e. The van der Waals surface area contributed by atoms with E-state index >= 15 is 0 Å². The topological polar surface area (TPSA) is 105 Å². The summed E-state index contributed by atoms with van der Waals surface area (Å²) >= 11 is 0. The molecule has 0 bridgehead atoms. The van der Waals surface area contributed by atoms with Crippen molar-refractivity contribution in [2.75, 3.05) is 13.2 Å². The number of hydrogen-bond acceptors (Lipinski definition) is 7. The van der Waals surface area contributed by atoms with Crippen molar-refractivity contribution < 1.29 is 28.6 Å². The summed E-state index contributed by atoms with van der Waals surface area (Å²) in [7, 11) is 0. The van der Waals surface area contributed by atoms with E-state index < -0.39 is 18.0 Å². The minimum atomic E-state index is -0.906. The molecule has 55 heavy (non-hydrogen) atoms. The fourth-order valence-corrected chi connectivity index (χ4v) is 6.08. The molecule has 1 rings (SSSR count). The molecule has 0 saturated heterocycles. The van der Waals surface area contributed by atoms with E-state index in [0.29, 0.717) is 12.8 Å². The van der Waals surface area contributed by atoms with Gasteiger partial charge >= 0.3 is 17.9 Å². The summed E-state index contributed by atoms with van der Waals surface area (Å²) in [5.41, 5.74) is 6.66. The predicted molar refractivity (Wildman–Crippen MR) is 229 cm³/mol. The zero-order chi connectivity index (χ0) is 39.9. The zero-order valence-electron chi connectivity index (χ0n) is 34.8. The first-order valence-electron chi connectivity index (χ1n) is 22.0. The van der Waals surface area contributed by atoms with Gasteiger partial charge < -0.3 is 19.9 Å². The van der Waals surface area contributed by atoms with Gasteiger partial charge in [0.1, 0.15) is 18.9 Å². The van der Waals surface area contributed by atoms with Gasteiger partial charge in [-0.2, -0.15) is 0 Å². The Hall–Kier alpha value is -3.61. The summed E-state index contributed by atoms with van der Waals surface area (Å²) < 4.78 is 16.5. The monoisotopic (exact) mass is 764 g/mol. The number of ether oxygens (including phenoxy) is 3. The number of carbonyl (C=O) groups is 3. The second-order valence-electron chi connectivity index (χ2n) is 14.7. The first kappa shape index (κ1) is 49.4. The number of allylic oxidation sites excluding steroid dienone is 6. The molecule has 1 atom stereocenters. The largest absolute Gasteiger partial charge is 0.462 e. The van der Waals surface area contributed by atoms with Crippen LogP contribution in [0, 0.1) is 0 Å². The molecular formula is C48H77NO6. The van der Waals surface area contributed by atoms with E-state index in [4.69, 9.17) is 19.9 Å². The van der Waals surface area contributed by atoms with Crippen molar-refractivity contribution in [3.05, 3.63) is 78.0 Å². The Balaban J connectivity index is 2.35.